The van der Waals surface area contributed by atoms with Gasteiger partial charge >= 0.3 is 0 Å². The van der Waals surface area contributed by atoms with Crippen molar-refractivity contribution < 1.29 is 8.42 Å². The molecule has 0 spiro atoms. The van der Waals surface area contributed by atoms with Crippen LogP contribution in [0.2, 0.25) is 0 Å². The summed E-state index contributed by atoms with van der Waals surface area (Å²) < 4.78 is 25.6. The van der Waals surface area contributed by atoms with Crippen LogP contribution in [0.5, 0.6) is 0 Å². The van der Waals surface area contributed by atoms with Crippen LogP contribution in [-0.2, 0) is 17.3 Å². The topological polar surface area (TPSA) is 97.4 Å². The van der Waals surface area contributed by atoms with Crippen LogP contribution in [-0.4, -0.2) is 53.9 Å². The minimum Gasteiger partial charge on any atom is -0.354 e. The summed E-state index contributed by atoms with van der Waals surface area (Å²) in [6.45, 7) is 4.08. The lowest BCUT2D eigenvalue weighted by Crippen LogP contribution is -2.49. The maximum absolute atomic E-state index is 11.2. The van der Waals surface area contributed by atoms with Crippen LogP contribution in [0.25, 0.3) is 11.0 Å². The molecule has 2 aromatic rings. The molecule has 23 heavy (non-hydrogen) atoms. The molecule has 0 amide bonds. The highest BCUT2D eigenvalue weighted by Crippen LogP contribution is 2.31. The third-order valence-electron chi connectivity index (χ3n) is 4.36. The van der Waals surface area contributed by atoms with E-state index in [1.54, 1.807) is 0 Å². The monoisotopic (exact) mass is 338 g/mol. The first-order chi connectivity index (χ1) is 10.8. The van der Waals surface area contributed by atoms with Gasteiger partial charge in [-0.2, -0.15) is 12.7 Å². The molecule has 1 fully saturated rings. The normalized spacial score (nSPS) is 16.3. The highest BCUT2D eigenvalue weighted by molar-refractivity contribution is 7.86. The molecule has 1 aliphatic rings. The minimum absolute atomic E-state index is 0.444. The molecule has 3 rings (SSSR count). The molecule has 0 radical (unpaired) electrons. The Kier molecular flexibility index (Phi) is 4.03. The van der Waals surface area contributed by atoms with Crippen LogP contribution < -0.4 is 10.0 Å². The summed E-state index contributed by atoms with van der Waals surface area (Å²) in [5.74, 6) is 2.16. The van der Waals surface area contributed by atoms with Gasteiger partial charge in [-0.05, 0) is 25.3 Å². The van der Waals surface area contributed by atoms with E-state index in [-0.39, 0.29) is 0 Å². The first-order valence-electron chi connectivity index (χ1n) is 7.54. The van der Waals surface area contributed by atoms with Gasteiger partial charge in [0.2, 0.25) is 0 Å². The summed E-state index contributed by atoms with van der Waals surface area (Å²) in [5, 5.41) is 5.09. The highest BCUT2D eigenvalue weighted by atomic mass is 32.2. The smallest absolute Gasteiger partial charge is 0.276 e. The zero-order valence-electron chi connectivity index (χ0n) is 13.6. The number of aryl methyl sites for hydroxylation is 2. The Hall–Kier alpha value is -1.71. The average Bonchev–Trinajstić information content (AvgIpc) is 2.76. The number of aromatic nitrogens is 3. The van der Waals surface area contributed by atoms with Crippen molar-refractivity contribution in [1.82, 2.24) is 18.8 Å². The van der Waals surface area contributed by atoms with Gasteiger partial charge < -0.3 is 9.47 Å². The Morgan fingerprint density at radius 3 is 2.74 bits per heavy atom. The number of nitrogens with zero attached hydrogens (tertiary/aromatic N) is 5. The van der Waals surface area contributed by atoms with Crippen LogP contribution in [0.1, 0.15) is 12.2 Å². The number of hydrogen-bond acceptors (Lipinski definition) is 5. The molecule has 0 saturated carbocycles. The molecule has 0 aromatic carbocycles. The van der Waals surface area contributed by atoms with E-state index in [1.807, 2.05) is 30.8 Å². The fourth-order valence-corrected chi connectivity index (χ4v) is 3.28. The van der Waals surface area contributed by atoms with Crippen LogP contribution in [0, 0.1) is 12.8 Å². The van der Waals surface area contributed by atoms with Crippen LogP contribution in [0.15, 0.2) is 12.3 Å². The standard InChI is InChI=1S/C14H22N6O2S/c1-10-16-12-5-6-18(2)13(12)14(17-10)20-8-11(9-20)4-7-19(3)23(15,21)22/h5-6,11H,4,7-9H2,1-3H3,(H2,15,21,22). The summed E-state index contributed by atoms with van der Waals surface area (Å²) in [6, 6.07) is 1.99. The minimum atomic E-state index is -3.59. The lowest BCUT2D eigenvalue weighted by Gasteiger charge is -2.41. The zero-order valence-corrected chi connectivity index (χ0v) is 14.4. The van der Waals surface area contributed by atoms with Crippen molar-refractivity contribution in [3.8, 4) is 0 Å². The second kappa shape index (κ2) is 5.73. The van der Waals surface area contributed by atoms with Crippen LogP contribution >= 0.6 is 0 Å². The molecule has 126 valence electrons. The second-order valence-electron chi connectivity index (χ2n) is 6.18. The number of fused-ring (bicyclic) bond motifs is 1. The van der Waals surface area contributed by atoms with Gasteiger partial charge in [0.1, 0.15) is 11.3 Å². The lowest BCUT2D eigenvalue weighted by atomic mass is 9.96. The van der Waals surface area contributed by atoms with E-state index >= 15 is 0 Å². The molecule has 3 heterocycles. The second-order valence-corrected chi connectivity index (χ2v) is 7.83. The Labute approximate surface area is 136 Å². The third kappa shape index (κ3) is 3.17. The van der Waals surface area contributed by atoms with Crippen molar-refractivity contribution in [3.05, 3.63) is 18.1 Å². The SMILES string of the molecule is Cc1nc(N2CC(CCN(C)S(N)(=O)=O)C2)c2c(ccn2C)n1. The summed E-state index contributed by atoms with van der Waals surface area (Å²) in [5.41, 5.74) is 1.99. The Bertz CT molecular complexity index is 825. The van der Waals surface area contributed by atoms with Gasteiger partial charge in [0.05, 0.1) is 5.52 Å². The molecule has 2 N–H and O–H groups in total. The van der Waals surface area contributed by atoms with Crippen LogP contribution in [0.3, 0.4) is 0 Å². The molecule has 0 bridgehead atoms. The van der Waals surface area contributed by atoms with E-state index in [0.29, 0.717) is 12.5 Å². The van der Waals surface area contributed by atoms with E-state index in [9.17, 15) is 8.42 Å². The third-order valence-corrected chi connectivity index (χ3v) is 5.41. The quantitative estimate of drug-likeness (QED) is 0.842. The molecule has 1 saturated heterocycles. The maximum atomic E-state index is 11.2. The van der Waals surface area contributed by atoms with Gasteiger partial charge in [0.15, 0.2) is 5.82 Å². The number of anilines is 1. The van der Waals surface area contributed by atoms with Crippen molar-refractivity contribution in [2.45, 2.75) is 13.3 Å². The molecular formula is C14H22N6O2S. The van der Waals surface area contributed by atoms with E-state index in [4.69, 9.17) is 5.14 Å². The molecule has 0 atom stereocenters. The predicted molar refractivity (Wildman–Crippen MR) is 89.3 cm³/mol. The lowest BCUT2D eigenvalue weighted by molar-refractivity contribution is 0.343. The molecular weight excluding hydrogens is 316 g/mol. The van der Waals surface area contributed by atoms with Gasteiger partial charge in [-0.1, -0.05) is 0 Å². The van der Waals surface area contributed by atoms with E-state index in [2.05, 4.69) is 14.9 Å². The van der Waals surface area contributed by atoms with Crippen molar-refractivity contribution in [3.63, 3.8) is 0 Å². The fourth-order valence-electron chi connectivity index (χ4n) is 2.92. The van der Waals surface area contributed by atoms with Gasteiger partial charge in [-0.15, -0.1) is 0 Å². The number of hydrogen-bond donors (Lipinski definition) is 1. The van der Waals surface area contributed by atoms with Crippen molar-refractivity contribution >= 4 is 27.1 Å². The Morgan fingerprint density at radius 2 is 2.09 bits per heavy atom. The van der Waals surface area contributed by atoms with Gasteiger partial charge in [0.25, 0.3) is 10.2 Å². The molecule has 2 aromatic heterocycles. The first kappa shape index (κ1) is 16.2. The van der Waals surface area contributed by atoms with Crippen molar-refractivity contribution in [2.75, 3.05) is 31.6 Å². The molecule has 0 unspecified atom stereocenters. The summed E-state index contributed by atoms with van der Waals surface area (Å²) in [6.07, 6.45) is 2.78. The van der Waals surface area contributed by atoms with Crippen molar-refractivity contribution in [2.24, 2.45) is 18.1 Å². The predicted octanol–water partition coefficient (Wildman–Crippen LogP) is 0.238. The highest BCUT2D eigenvalue weighted by Gasteiger charge is 2.30. The van der Waals surface area contributed by atoms with E-state index < -0.39 is 10.2 Å². The average molecular weight is 338 g/mol. The van der Waals surface area contributed by atoms with Gasteiger partial charge in [-0.25, -0.2) is 15.1 Å². The fraction of sp³-hybridized carbons (Fsp3) is 0.571. The Balaban J connectivity index is 1.67. The summed E-state index contributed by atoms with van der Waals surface area (Å²) >= 11 is 0. The molecule has 0 aliphatic carbocycles. The molecule has 8 nitrogen and oxygen atoms in total. The first-order valence-corrected chi connectivity index (χ1v) is 9.04. The molecule has 9 heteroatoms. The Morgan fingerprint density at radius 1 is 1.39 bits per heavy atom. The maximum Gasteiger partial charge on any atom is 0.276 e. The summed E-state index contributed by atoms with van der Waals surface area (Å²) in [7, 11) is -0.0891. The summed E-state index contributed by atoms with van der Waals surface area (Å²) in [4.78, 5) is 11.3. The van der Waals surface area contributed by atoms with Crippen molar-refractivity contribution in [1.29, 1.82) is 0 Å². The number of nitrogens with two attached hydrogens (primary N) is 1. The largest absolute Gasteiger partial charge is 0.354 e. The van der Waals surface area contributed by atoms with Gasteiger partial charge in [-0.3, -0.25) is 0 Å². The number of rotatable bonds is 5. The van der Waals surface area contributed by atoms with E-state index in [0.717, 1.165) is 42.2 Å². The van der Waals surface area contributed by atoms with Gasteiger partial charge in [0, 0.05) is 39.9 Å². The molecule has 1 aliphatic heterocycles. The van der Waals surface area contributed by atoms with E-state index in [1.165, 1.54) is 11.4 Å². The zero-order chi connectivity index (χ0) is 16.8. The van der Waals surface area contributed by atoms with Crippen LogP contribution in [0.4, 0.5) is 5.82 Å².